The van der Waals surface area contributed by atoms with E-state index in [1.807, 2.05) is 37.5 Å². The summed E-state index contributed by atoms with van der Waals surface area (Å²) in [7, 11) is 1.71. The SMILES string of the molecule is CCC(Nc1cncc(C)c1)c1ccccc1OC. The summed E-state index contributed by atoms with van der Waals surface area (Å²) in [5.74, 6) is 0.919. The van der Waals surface area contributed by atoms with Crippen LogP contribution in [0.15, 0.2) is 42.7 Å². The molecule has 0 aliphatic heterocycles. The van der Waals surface area contributed by atoms with Crippen molar-refractivity contribution in [2.45, 2.75) is 26.3 Å². The van der Waals surface area contributed by atoms with Crippen LogP contribution >= 0.6 is 0 Å². The molecule has 0 fully saturated rings. The zero-order valence-electron chi connectivity index (χ0n) is 11.7. The number of para-hydroxylation sites is 1. The maximum Gasteiger partial charge on any atom is 0.124 e. The van der Waals surface area contributed by atoms with Crippen molar-refractivity contribution in [1.29, 1.82) is 0 Å². The first-order valence-electron chi connectivity index (χ1n) is 6.55. The predicted molar refractivity (Wildman–Crippen MR) is 78.6 cm³/mol. The molecule has 1 atom stereocenters. The van der Waals surface area contributed by atoms with Gasteiger partial charge in [0.25, 0.3) is 0 Å². The molecule has 1 aromatic heterocycles. The fourth-order valence-corrected chi connectivity index (χ4v) is 2.19. The number of aryl methyl sites for hydroxylation is 1. The van der Waals surface area contributed by atoms with Gasteiger partial charge in [-0.1, -0.05) is 25.1 Å². The van der Waals surface area contributed by atoms with E-state index in [1.54, 1.807) is 7.11 Å². The fourth-order valence-electron chi connectivity index (χ4n) is 2.19. The van der Waals surface area contributed by atoms with Gasteiger partial charge in [0, 0.05) is 18.0 Å². The highest BCUT2D eigenvalue weighted by atomic mass is 16.5. The van der Waals surface area contributed by atoms with Crippen LogP contribution in [0.2, 0.25) is 0 Å². The molecule has 0 bridgehead atoms. The van der Waals surface area contributed by atoms with Crippen LogP contribution in [0.3, 0.4) is 0 Å². The number of pyridine rings is 1. The quantitative estimate of drug-likeness (QED) is 0.879. The Bertz CT molecular complexity index is 540. The van der Waals surface area contributed by atoms with E-state index in [9.17, 15) is 0 Å². The first-order valence-corrected chi connectivity index (χ1v) is 6.55. The number of aromatic nitrogens is 1. The third-order valence-electron chi connectivity index (χ3n) is 3.14. The smallest absolute Gasteiger partial charge is 0.124 e. The molecule has 0 aliphatic carbocycles. The Balaban J connectivity index is 2.25. The van der Waals surface area contributed by atoms with E-state index in [2.05, 4.69) is 29.4 Å². The number of anilines is 1. The Labute approximate surface area is 114 Å². The monoisotopic (exact) mass is 256 g/mol. The Morgan fingerprint density at radius 1 is 1.26 bits per heavy atom. The van der Waals surface area contributed by atoms with E-state index in [4.69, 9.17) is 4.74 Å². The first kappa shape index (κ1) is 13.4. The molecule has 1 N–H and O–H groups in total. The van der Waals surface area contributed by atoms with Gasteiger partial charge < -0.3 is 10.1 Å². The van der Waals surface area contributed by atoms with Gasteiger partial charge in [-0.3, -0.25) is 4.98 Å². The van der Waals surface area contributed by atoms with Crippen LogP contribution in [-0.2, 0) is 0 Å². The summed E-state index contributed by atoms with van der Waals surface area (Å²) in [5.41, 5.74) is 3.37. The van der Waals surface area contributed by atoms with Gasteiger partial charge in [0.1, 0.15) is 5.75 Å². The molecular weight excluding hydrogens is 236 g/mol. The fraction of sp³-hybridized carbons (Fsp3) is 0.312. The Hall–Kier alpha value is -2.03. The third kappa shape index (κ3) is 3.25. The van der Waals surface area contributed by atoms with Crippen LogP contribution in [0, 0.1) is 6.92 Å². The minimum absolute atomic E-state index is 0.222. The van der Waals surface area contributed by atoms with Crippen LogP contribution in [0.4, 0.5) is 5.69 Å². The number of nitrogens with one attached hydrogen (secondary N) is 1. The van der Waals surface area contributed by atoms with Gasteiger partial charge in [-0.15, -0.1) is 0 Å². The molecule has 19 heavy (non-hydrogen) atoms. The number of methoxy groups -OCH3 is 1. The van der Waals surface area contributed by atoms with Gasteiger partial charge in [-0.05, 0) is 31.0 Å². The van der Waals surface area contributed by atoms with Gasteiger partial charge in [-0.2, -0.15) is 0 Å². The van der Waals surface area contributed by atoms with Crippen molar-refractivity contribution in [2.75, 3.05) is 12.4 Å². The minimum atomic E-state index is 0.222. The maximum absolute atomic E-state index is 5.43. The molecule has 0 radical (unpaired) electrons. The van der Waals surface area contributed by atoms with E-state index in [0.29, 0.717) is 0 Å². The lowest BCUT2D eigenvalue weighted by Gasteiger charge is -2.21. The normalized spacial score (nSPS) is 11.9. The summed E-state index contributed by atoms with van der Waals surface area (Å²) in [6.45, 7) is 4.20. The van der Waals surface area contributed by atoms with Gasteiger partial charge >= 0.3 is 0 Å². The van der Waals surface area contributed by atoms with Crippen molar-refractivity contribution in [2.24, 2.45) is 0 Å². The molecule has 0 amide bonds. The molecule has 1 heterocycles. The van der Waals surface area contributed by atoms with Crippen LogP contribution in [0.1, 0.15) is 30.5 Å². The second kappa shape index (κ2) is 6.23. The minimum Gasteiger partial charge on any atom is -0.496 e. The van der Waals surface area contributed by atoms with Gasteiger partial charge in [0.15, 0.2) is 0 Å². The molecule has 2 aromatic rings. The van der Waals surface area contributed by atoms with E-state index < -0.39 is 0 Å². The topological polar surface area (TPSA) is 34.2 Å². The summed E-state index contributed by atoms with van der Waals surface area (Å²) in [4.78, 5) is 4.21. The largest absolute Gasteiger partial charge is 0.496 e. The van der Waals surface area contributed by atoms with Crippen molar-refractivity contribution < 1.29 is 4.74 Å². The molecule has 0 aliphatic rings. The average Bonchev–Trinajstić information content (AvgIpc) is 2.45. The van der Waals surface area contributed by atoms with Crippen molar-refractivity contribution in [1.82, 2.24) is 4.98 Å². The van der Waals surface area contributed by atoms with E-state index >= 15 is 0 Å². The van der Waals surface area contributed by atoms with Crippen molar-refractivity contribution in [3.8, 4) is 5.75 Å². The van der Waals surface area contributed by atoms with Crippen LogP contribution in [-0.4, -0.2) is 12.1 Å². The molecular formula is C16H20N2O. The van der Waals surface area contributed by atoms with E-state index in [-0.39, 0.29) is 6.04 Å². The second-order valence-corrected chi connectivity index (χ2v) is 4.60. The number of nitrogens with zero attached hydrogens (tertiary/aromatic N) is 1. The van der Waals surface area contributed by atoms with Crippen molar-refractivity contribution in [3.63, 3.8) is 0 Å². The van der Waals surface area contributed by atoms with Crippen LogP contribution < -0.4 is 10.1 Å². The standard InChI is InChI=1S/C16H20N2O/c1-4-15(14-7-5-6-8-16(14)19-3)18-13-9-12(2)10-17-11-13/h5-11,15,18H,4H2,1-3H3. The van der Waals surface area contributed by atoms with E-state index in [0.717, 1.165) is 23.4 Å². The van der Waals surface area contributed by atoms with Gasteiger partial charge in [-0.25, -0.2) is 0 Å². The molecule has 2 rings (SSSR count). The lowest BCUT2D eigenvalue weighted by molar-refractivity contribution is 0.406. The summed E-state index contributed by atoms with van der Waals surface area (Å²) < 4.78 is 5.43. The first-order chi connectivity index (χ1) is 9.24. The summed E-state index contributed by atoms with van der Waals surface area (Å²) >= 11 is 0. The lowest BCUT2D eigenvalue weighted by atomic mass is 10.0. The molecule has 0 saturated carbocycles. The Kier molecular flexibility index (Phi) is 4.39. The van der Waals surface area contributed by atoms with Crippen molar-refractivity contribution in [3.05, 3.63) is 53.9 Å². The molecule has 3 heteroatoms. The maximum atomic E-state index is 5.43. The molecule has 0 saturated heterocycles. The number of ether oxygens (including phenoxy) is 1. The summed E-state index contributed by atoms with van der Waals surface area (Å²) in [6.07, 6.45) is 4.69. The number of hydrogen-bond acceptors (Lipinski definition) is 3. The highest BCUT2D eigenvalue weighted by molar-refractivity contribution is 5.47. The third-order valence-corrected chi connectivity index (χ3v) is 3.14. The number of rotatable bonds is 5. The summed E-state index contributed by atoms with van der Waals surface area (Å²) in [5, 5.41) is 3.52. The van der Waals surface area contributed by atoms with Crippen molar-refractivity contribution >= 4 is 5.69 Å². The molecule has 100 valence electrons. The van der Waals surface area contributed by atoms with Crippen LogP contribution in [0.5, 0.6) is 5.75 Å². The molecule has 0 spiro atoms. The summed E-state index contributed by atoms with van der Waals surface area (Å²) in [6, 6.07) is 10.4. The molecule has 3 nitrogen and oxygen atoms in total. The second-order valence-electron chi connectivity index (χ2n) is 4.60. The highest BCUT2D eigenvalue weighted by Crippen LogP contribution is 2.29. The number of hydrogen-bond donors (Lipinski definition) is 1. The number of benzene rings is 1. The Morgan fingerprint density at radius 2 is 2.05 bits per heavy atom. The Morgan fingerprint density at radius 3 is 2.74 bits per heavy atom. The molecule has 1 aromatic carbocycles. The zero-order chi connectivity index (χ0) is 13.7. The van der Waals surface area contributed by atoms with Gasteiger partial charge in [0.2, 0.25) is 0 Å². The van der Waals surface area contributed by atoms with Gasteiger partial charge in [0.05, 0.1) is 18.8 Å². The van der Waals surface area contributed by atoms with Crippen LogP contribution in [0.25, 0.3) is 0 Å². The average molecular weight is 256 g/mol. The zero-order valence-corrected chi connectivity index (χ0v) is 11.7. The predicted octanol–water partition coefficient (Wildman–Crippen LogP) is 3.96. The highest BCUT2D eigenvalue weighted by Gasteiger charge is 2.13. The molecule has 1 unspecified atom stereocenters. The van der Waals surface area contributed by atoms with E-state index in [1.165, 1.54) is 5.56 Å². The lowest BCUT2D eigenvalue weighted by Crippen LogP contribution is -2.11.